The minimum atomic E-state index is -0.187. The zero-order valence-electron chi connectivity index (χ0n) is 7.38. The molecule has 66 valence electrons. The Morgan fingerprint density at radius 1 is 1.42 bits per heavy atom. The van der Waals surface area contributed by atoms with Crippen molar-refractivity contribution in [2.75, 3.05) is 6.61 Å². The summed E-state index contributed by atoms with van der Waals surface area (Å²) >= 11 is 0. The van der Waals surface area contributed by atoms with Gasteiger partial charge in [-0.3, -0.25) is 0 Å². The van der Waals surface area contributed by atoms with E-state index in [2.05, 4.69) is 0 Å². The molecule has 2 rings (SSSR count). The van der Waals surface area contributed by atoms with Crippen molar-refractivity contribution in [2.45, 2.75) is 20.0 Å². The van der Waals surface area contributed by atoms with E-state index in [1.54, 1.807) is 6.07 Å². The smallest absolute Gasteiger partial charge is 0.123 e. The van der Waals surface area contributed by atoms with Crippen molar-refractivity contribution in [1.82, 2.24) is 0 Å². The molecular weight excluding hydrogens is 155 g/mol. The van der Waals surface area contributed by atoms with Crippen molar-refractivity contribution >= 4 is 0 Å². The molecule has 0 spiro atoms. The molecule has 0 N–H and O–H groups in total. The van der Waals surface area contributed by atoms with Crippen LogP contribution in [0, 0.1) is 5.82 Å². The van der Waals surface area contributed by atoms with Crippen LogP contribution >= 0.6 is 0 Å². The van der Waals surface area contributed by atoms with E-state index in [0.29, 0.717) is 0 Å². The first-order chi connectivity index (χ1) is 5.86. The first kappa shape index (κ1) is 9.20. The van der Waals surface area contributed by atoms with E-state index in [4.69, 9.17) is 4.74 Å². The molecule has 0 saturated carbocycles. The number of halogens is 1. The third-order valence-corrected chi connectivity index (χ3v) is 1.55. The number of ether oxygens (including phenoxy) is 1. The molecule has 1 aromatic carbocycles. The van der Waals surface area contributed by atoms with Gasteiger partial charge in [0.15, 0.2) is 0 Å². The Labute approximate surface area is 72.2 Å². The van der Waals surface area contributed by atoms with Crippen LogP contribution in [0.3, 0.4) is 0 Å². The highest BCUT2D eigenvalue weighted by molar-refractivity contribution is 5.21. The fourth-order valence-corrected chi connectivity index (χ4v) is 0.947. The van der Waals surface area contributed by atoms with Crippen LogP contribution in [-0.4, -0.2) is 6.61 Å². The number of hydrogen-bond donors (Lipinski definition) is 0. The molecule has 1 aromatic rings. The molecule has 0 radical (unpaired) electrons. The van der Waals surface area contributed by atoms with E-state index >= 15 is 0 Å². The second kappa shape index (κ2) is 4.21. The van der Waals surface area contributed by atoms with Crippen molar-refractivity contribution in [3.63, 3.8) is 0 Å². The third-order valence-electron chi connectivity index (χ3n) is 1.55. The maximum absolute atomic E-state index is 12.5. The Morgan fingerprint density at radius 3 is 2.58 bits per heavy atom. The fraction of sp³-hybridized carbons (Fsp3) is 0.400. The van der Waals surface area contributed by atoms with Crippen LogP contribution in [0.1, 0.15) is 25.5 Å². The lowest BCUT2D eigenvalue weighted by atomic mass is 10.2. The van der Waals surface area contributed by atoms with Crippen LogP contribution in [0.2, 0.25) is 0 Å². The molecule has 1 aliphatic heterocycles. The zero-order chi connectivity index (χ0) is 8.97. The molecule has 1 fully saturated rings. The molecule has 1 atom stereocenters. The van der Waals surface area contributed by atoms with Gasteiger partial charge in [0, 0.05) is 0 Å². The molecule has 1 saturated heterocycles. The molecule has 1 unspecified atom stereocenters. The monoisotopic (exact) mass is 168 g/mol. The van der Waals surface area contributed by atoms with Gasteiger partial charge in [-0.1, -0.05) is 26.0 Å². The third kappa shape index (κ3) is 2.31. The summed E-state index contributed by atoms with van der Waals surface area (Å²) < 4.78 is 17.5. The van der Waals surface area contributed by atoms with Crippen molar-refractivity contribution in [3.05, 3.63) is 35.6 Å². The highest BCUT2D eigenvalue weighted by Gasteiger charge is 2.24. The number of hydrogen-bond acceptors (Lipinski definition) is 1. The molecule has 0 bridgehead atoms. The molecule has 0 amide bonds. The van der Waals surface area contributed by atoms with Crippen molar-refractivity contribution in [2.24, 2.45) is 0 Å². The first-order valence-corrected chi connectivity index (χ1v) is 4.23. The molecule has 2 heteroatoms. The van der Waals surface area contributed by atoms with E-state index in [1.165, 1.54) is 12.1 Å². The standard InChI is InChI=1S/C8H7FO.C2H6/c9-7-3-1-2-6(4-7)8-5-10-8;1-2/h1-4,8H,5H2;1-2H3. The molecule has 0 aromatic heterocycles. The maximum Gasteiger partial charge on any atom is 0.123 e. The lowest BCUT2D eigenvalue weighted by Gasteiger charge is -1.92. The lowest BCUT2D eigenvalue weighted by molar-refractivity contribution is 0.415. The first-order valence-electron chi connectivity index (χ1n) is 4.23. The predicted molar refractivity (Wildman–Crippen MR) is 46.4 cm³/mol. The molecule has 12 heavy (non-hydrogen) atoms. The van der Waals surface area contributed by atoms with E-state index in [1.807, 2.05) is 19.9 Å². The summed E-state index contributed by atoms with van der Waals surface area (Å²) in [6.45, 7) is 4.74. The summed E-state index contributed by atoms with van der Waals surface area (Å²) in [5.74, 6) is -0.187. The fourth-order valence-electron chi connectivity index (χ4n) is 0.947. The second-order valence-corrected chi connectivity index (χ2v) is 2.38. The van der Waals surface area contributed by atoms with Crippen molar-refractivity contribution in [3.8, 4) is 0 Å². The Morgan fingerprint density at radius 2 is 2.08 bits per heavy atom. The summed E-state index contributed by atoms with van der Waals surface area (Å²) in [5.41, 5.74) is 0.944. The SMILES string of the molecule is CC.Fc1cccc(C2CO2)c1. The average molecular weight is 168 g/mol. The predicted octanol–water partition coefficient (Wildman–Crippen LogP) is 2.92. The van der Waals surface area contributed by atoms with Gasteiger partial charge in [-0.05, 0) is 17.7 Å². The van der Waals surface area contributed by atoms with Gasteiger partial charge in [0.1, 0.15) is 11.9 Å². The normalized spacial score (nSPS) is 19.4. The topological polar surface area (TPSA) is 12.5 Å². The largest absolute Gasteiger partial charge is 0.368 e. The van der Waals surface area contributed by atoms with Gasteiger partial charge < -0.3 is 4.74 Å². The number of benzene rings is 1. The van der Waals surface area contributed by atoms with Crippen LogP contribution in [0.4, 0.5) is 4.39 Å². The minimum absolute atomic E-state index is 0.163. The van der Waals surface area contributed by atoms with E-state index in [-0.39, 0.29) is 11.9 Å². The maximum atomic E-state index is 12.5. The van der Waals surface area contributed by atoms with Crippen LogP contribution in [0.25, 0.3) is 0 Å². The number of epoxide rings is 1. The zero-order valence-corrected chi connectivity index (χ0v) is 7.38. The molecule has 1 heterocycles. The molecule has 0 aliphatic carbocycles. The lowest BCUT2D eigenvalue weighted by Crippen LogP contribution is -1.80. The van der Waals surface area contributed by atoms with Gasteiger partial charge in [0.05, 0.1) is 6.61 Å². The minimum Gasteiger partial charge on any atom is -0.368 e. The summed E-state index contributed by atoms with van der Waals surface area (Å²) in [5, 5.41) is 0. The van der Waals surface area contributed by atoms with E-state index in [0.717, 1.165) is 12.2 Å². The van der Waals surface area contributed by atoms with Gasteiger partial charge in [0.2, 0.25) is 0 Å². The Hall–Kier alpha value is -0.890. The Kier molecular flexibility index (Phi) is 3.23. The van der Waals surface area contributed by atoms with Crippen molar-refractivity contribution < 1.29 is 9.13 Å². The van der Waals surface area contributed by atoms with E-state index < -0.39 is 0 Å². The van der Waals surface area contributed by atoms with Crippen LogP contribution in [0.5, 0.6) is 0 Å². The average Bonchev–Trinajstić information content (AvgIpc) is 2.90. The molecule has 1 nitrogen and oxygen atoms in total. The number of rotatable bonds is 1. The molecular formula is C10H13FO. The Bertz CT molecular complexity index is 243. The van der Waals surface area contributed by atoms with Gasteiger partial charge in [0.25, 0.3) is 0 Å². The second-order valence-electron chi connectivity index (χ2n) is 2.38. The van der Waals surface area contributed by atoms with Crippen LogP contribution < -0.4 is 0 Å². The van der Waals surface area contributed by atoms with Gasteiger partial charge in [-0.2, -0.15) is 0 Å². The highest BCUT2D eigenvalue weighted by atomic mass is 19.1. The van der Waals surface area contributed by atoms with Crippen molar-refractivity contribution in [1.29, 1.82) is 0 Å². The van der Waals surface area contributed by atoms with Crippen LogP contribution in [-0.2, 0) is 4.74 Å². The summed E-state index contributed by atoms with van der Waals surface area (Å²) in [6.07, 6.45) is 0.163. The molecule has 1 aliphatic rings. The highest BCUT2D eigenvalue weighted by Crippen LogP contribution is 2.29. The van der Waals surface area contributed by atoms with Gasteiger partial charge in [-0.25, -0.2) is 4.39 Å². The van der Waals surface area contributed by atoms with Gasteiger partial charge >= 0.3 is 0 Å². The summed E-state index contributed by atoms with van der Waals surface area (Å²) in [6, 6.07) is 6.52. The van der Waals surface area contributed by atoms with E-state index in [9.17, 15) is 4.39 Å². The summed E-state index contributed by atoms with van der Waals surface area (Å²) in [7, 11) is 0. The van der Waals surface area contributed by atoms with Gasteiger partial charge in [-0.15, -0.1) is 0 Å². The Balaban J connectivity index is 0.000000336. The van der Waals surface area contributed by atoms with Crippen LogP contribution in [0.15, 0.2) is 24.3 Å². The quantitative estimate of drug-likeness (QED) is 0.587. The summed E-state index contributed by atoms with van der Waals surface area (Å²) in [4.78, 5) is 0.